The molecule has 132 valence electrons. The third-order valence-electron chi connectivity index (χ3n) is 3.04. The second-order valence-corrected chi connectivity index (χ2v) is 4.59. The monoisotopic (exact) mass is 345 g/mol. The molecule has 25 heavy (non-hydrogen) atoms. The summed E-state index contributed by atoms with van der Waals surface area (Å²) in [4.78, 5) is 19.4. The fourth-order valence-corrected chi connectivity index (χ4v) is 1.90. The van der Waals surface area contributed by atoms with Crippen LogP contribution in [0.25, 0.3) is 11.3 Å². The van der Waals surface area contributed by atoms with E-state index in [1.165, 1.54) is 37.7 Å². The Labute approximate surface area is 146 Å². The molecule has 2 aromatic heterocycles. The van der Waals surface area contributed by atoms with Crippen LogP contribution in [0.15, 0.2) is 53.2 Å². The lowest BCUT2D eigenvalue weighted by atomic mass is 10.2. The summed E-state index contributed by atoms with van der Waals surface area (Å²) in [6.07, 6.45) is 3.00. The molecule has 0 atom stereocenters. The van der Waals surface area contributed by atoms with Crippen molar-refractivity contribution in [1.82, 2.24) is 9.97 Å². The molecule has 0 saturated heterocycles. The van der Waals surface area contributed by atoms with E-state index in [9.17, 15) is 9.18 Å². The molecule has 0 unspecified atom stereocenters. The minimum atomic E-state index is -0.508. The zero-order valence-corrected chi connectivity index (χ0v) is 14.1. The standard InChI is InChI=1S/C16H12FN3O3.C2H6.H2/c1-22-15(21)13-7-6-12(8-18-13)20-16-19-9-14(23-16)10-2-4-11(17)5-3-10;1-2;/h2-9H,1H3,(H,19,20);1-2H3;1H. The molecular formula is C18H20FN3O3. The Morgan fingerprint density at radius 2 is 1.84 bits per heavy atom. The molecule has 1 aromatic carbocycles. The maximum absolute atomic E-state index is 12.9. The third-order valence-corrected chi connectivity index (χ3v) is 3.04. The Balaban J connectivity index is 0.00000109. The summed E-state index contributed by atoms with van der Waals surface area (Å²) in [6, 6.07) is 9.34. The van der Waals surface area contributed by atoms with E-state index in [1.54, 1.807) is 18.2 Å². The predicted octanol–water partition coefficient (Wildman–Crippen LogP) is 4.68. The van der Waals surface area contributed by atoms with Crippen LogP contribution in [0.5, 0.6) is 0 Å². The van der Waals surface area contributed by atoms with Gasteiger partial charge in [-0.25, -0.2) is 19.2 Å². The number of nitrogens with one attached hydrogen (secondary N) is 1. The second-order valence-electron chi connectivity index (χ2n) is 4.59. The molecule has 0 amide bonds. The number of rotatable bonds is 4. The fourth-order valence-electron chi connectivity index (χ4n) is 1.90. The quantitative estimate of drug-likeness (QED) is 0.692. The molecule has 0 bridgehead atoms. The highest BCUT2D eigenvalue weighted by Gasteiger charge is 2.09. The van der Waals surface area contributed by atoms with E-state index >= 15 is 0 Å². The summed E-state index contributed by atoms with van der Waals surface area (Å²) < 4.78 is 23.0. The number of carbonyl (C=O) groups excluding carboxylic acids is 1. The lowest BCUT2D eigenvalue weighted by molar-refractivity contribution is 0.0594. The van der Waals surface area contributed by atoms with Gasteiger partial charge in [-0.1, -0.05) is 13.8 Å². The fraction of sp³-hybridized carbons (Fsp3) is 0.167. The Morgan fingerprint density at radius 1 is 1.12 bits per heavy atom. The van der Waals surface area contributed by atoms with E-state index in [0.29, 0.717) is 17.0 Å². The summed E-state index contributed by atoms with van der Waals surface area (Å²) in [6.45, 7) is 4.00. The van der Waals surface area contributed by atoms with Gasteiger partial charge in [0.05, 0.1) is 25.2 Å². The van der Waals surface area contributed by atoms with Crippen molar-refractivity contribution < 1.29 is 19.8 Å². The van der Waals surface area contributed by atoms with Gasteiger partial charge in [0.25, 0.3) is 6.01 Å². The largest absolute Gasteiger partial charge is 0.464 e. The summed E-state index contributed by atoms with van der Waals surface area (Å²) >= 11 is 0. The van der Waals surface area contributed by atoms with Crippen molar-refractivity contribution in [1.29, 1.82) is 0 Å². The smallest absolute Gasteiger partial charge is 0.356 e. The lowest BCUT2D eigenvalue weighted by Crippen LogP contribution is -2.04. The molecule has 0 fully saturated rings. The van der Waals surface area contributed by atoms with E-state index in [4.69, 9.17) is 4.42 Å². The van der Waals surface area contributed by atoms with Gasteiger partial charge in [-0.05, 0) is 36.4 Å². The zero-order chi connectivity index (χ0) is 18.2. The van der Waals surface area contributed by atoms with Crippen molar-refractivity contribution in [3.8, 4) is 11.3 Å². The van der Waals surface area contributed by atoms with Gasteiger partial charge in [0.15, 0.2) is 5.76 Å². The number of nitrogens with zero attached hydrogens (tertiary/aromatic N) is 2. The number of methoxy groups -OCH3 is 1. The molecule has 7 heteroatoms. The van der Waals surface area contributed by atoms with Crippen LogP contribution in [0, 0.1) is 5.82 Å². The minimum Gasteiger partial charge on any atom is -0.464 e. The average molecular weight is 345 g/mol. The highest BCUT2D eigenvalue weighted by molar-refractivity contribution is 5.87. The SMILES string of the molecule is CC.COC(=O)c1ccc(Nc2ncc(-c3ccc(F)cc3)o2)cn1.[HH]. The summed E-state index contributed by atoms with van der Waals surface area (Å²) in [5.41, 5.74) is 1.52. The van der Waals surface area contributed by atoms with E-state index in [2.05, 4.69) is 20.0 Å². The first-order valence-corrected chi connectivity index (χ1v) is 7.69. The minimum absolute atomic E-state index is 0. The summed E-state index contributed by atoms with van der Waals surface area (Å²) in [5, 5.41) is 2.92. The molecule has 0 aliphatic heterocycles. The maximum Gasteiger partial charge on any atom is 0.356 e. The van der Waals surface area contributed by atoms with Gasteiger partial charge < -0.3 is 14.5 Å². The van der Waals surface area contributed by atoms with Crippen molar-refractivity contribution in [2.45, 2.75) is 13.8 Å². The number of pyridine rings is 1. The van der Waals surface area contributed by atoms with E-state index in [0.717, 1.165) is 0 Å². The van der Waals surface area contributed by atoms with Gasteiger partial charge in [-0.15, -0.1) is 0 Å². The molecule has 1 N–H and O–H groups in total. The number of oxazole rings is 1. The number of aromatic nitrogens is 2. The topological polar surface area (TPSA) is 77.2 Å². The number of ether oxygens (including phenoxy) is 1. The van der Waals surface area contributed by atoms with Crippen molar-refractivity contribution >= 4 is 17.7 Å². The van der Waals surface area contributed by atoms with Crippen LogP contribution in [0.2, 0.25) is 0 Å². The molecule has 6 nitrogen and oxygen atoms in total. The number of hydrogen-bond acceptors (Lipinski definition) is 6. The summed E-state index contributed by atoms with van der Waals surface area (Å²) in [5.74, 6) is -0.318. The molecule has 3 rings (SSSR count). The Morgan fingerprint density at radius 3 is 2.44 bits per heavy atom. The van der Waals surface area contributed by atoms with Gasteiger partial charge in [0, 0.05) is 6.99 Å². The zero-order valence-electron chi connectivity index (χ0n) is 14.1. The third kappa shape index (κ3) is 4.63. The summed E-state index contributed by atoms with van der Waals surface area (Å²) in [7, 11) is 1.29. The first-order chi connectivity index (χ1) is 12.2. The molecule has 0 spiro atoms. The van der Waals surface area contributed by atoms with Crippen molar-refractivity contribution in [2.24, 2.45) is 0 Å². The second kappa shape index (κ2) is 8.58. The van der Waals surface area contributed by atoms with Crippen LogP contribution in [0.4, 0.5) is 16.1 Å². The number of halogens is 1. The van der Waals surface area contributed by atoms with E-state index in [1.807, 2.05) is 13.8 Å². The van der Waals surface area contributed by atoms with Crippen molar-refractivity contribution in [3.63, 3.8) is 0 Å². The highest BCUT2D eigenvalue weighted by atomic mass is 19.1. The normalized spacial score (nSPS) is 9.76. The molecule has 0 saturated carbocycles. The van der Waals surface area contributed by atoms with Crippen molar-refractivity contribution in [3.05, 3.63) is 60.3 Å². The highest BCUT2D eigenvalue weighted by Crippen LogP contribution is 2.24. The Bertz CT molecular complexity index is 820. The van der Waals surface area contributed by atoms with Crippen molar-refractivity contribution in [2.75, 3.05) is 12.4 Å². The number of anilines is 2. The van der Waals surface area contributed by atoms with Gasteiger partial charge in [-0.3, -0.25) is 0 Å². The Hall–Kier alpha value is -3.22. The van der Waals surface area contributed by atoms with Crippen LogP contribution in [-0.4, -0.2) is 23.0 Å². The van der Waals surface area contributed by atoms with Crippen LogP contribution in [0.3, 0.4) is 0 Å². The van der Waals surface area contributed by atoms with Gasteiger partial charge in [0.2, 0.25) is 0 Å². The van der Waals surface area contributed by atoms with Gasteiger partial charge in [-0.2, -0.15) is 0 Å². The maximum atomic E-state index is 12.9. The molecule has 0 aliphatic carbocycles. The number of benzene rings is 1. The molecule has 0 radical (unpaired) electrons. The van der Waals surface area contributed by atoms with Crippen LogP contribution in [0.1, 0.15) is 25.8 Å². The van der Waals surface area contributed by atoms with Gasteiger partial charge >= 0.3 is 5.97 Å². The average Bonchev–Trinajstić information content (AvgIpc) is 3.12. The van der Waals surface area contributed by atoms with Gasteiger partial charge in [0.1, 0.15) is 11.5 Å². The lowest BCUT2D eigenvalue weighted by Gasteiger charge is -2.02. The molecular weight excluding hydrogens is 325 g/mol. The number of esters is 1. The molecule has 0 aliphatic rings. The molecule has 3 aromatic rings. The van der Waals surface area contributed by atoms with Crippen LogP contribution >= 0.6 is 0 Å². The molecule has 2 heterocycles. The predicted molar refractivity (Wildman–Crippen MR) is 94.2 cm³/mol. The Kier molecular flexibility index (Phi) is 6.22. The first kappa shape index (κ1) is 18.1. The first-order valence-electron chi connectivity index (χ1n) is 7.69. The van der Waals surface area contributed by atoms with E-state index in [-0.39, 0.29) is 19.0 Å². The van der Waals surface area contributed by atoms with E-state index < -0.39 is 5.97 Å². The number of hydrogen-bond donors (Lipinski definition) is 1. The number of carbonyl (C=O) groups is 1. The van der Waals surface area contributed by atoms with Crippen LogP contribution in [-0.2, 0) is 4.74 Å². The van der Waals surface area contributed by atoms with Crippen LogP contribution < -0.4 is 5.32 Å².